The number of hydrogen-bond acceptors (Lipinski definition) is 3. The molecule has 4 rings (SSSR count). The Morgan fingerprint density at radius 1 is 1.00 bits per heavy atom. The number of amides is 1. The number of para-hydroxylation sites is 1. The highest BCUT2D eigenvalue weighted by atomic mass is 79.9. The van der Waals surface area contributed by atoms with Gasteiger partial charge in [0.1, 0.15) is 12.4 Å². The molecule has 0 unspecified atom stereocenters. The Bertz CT molecular complexity index is 1300. The summed E-state index contributed by atoms with van der Waals surface area (Å²) in [5.41, 5.74) is 1.44. The maximum Gasteiger partial charge on any atom is 0.416 e. The molecule has 0 aliphatic carbocycles. The molecule has 3 aromatic carbocycles. The number of benzene rings is 3. The van der Waals surface area contributed by atoms with Crippen molar-refractivity contribution in [2.45, 2.75) is 19.3 Å². The van der Waals surface area contributed by atoms with E-state index in [0.717, 1.165) is 22.2 Å². The molecule has 0 aliphatic heterocycles. The third-order valence-electron chi connectivity index (χ3n) is 4.91. The van der Waals surface area contributed by atoms with Gasteiger partial charge in [-0.05, 0) is 63.5 Å². The number of nitrogens with one attached hydrogen (secondary N) is 1. The van der Waals surface area contributed by atoms with Crippen LogP contribution >= 0.6 is 15.9 Å². The monoisotopic (exact) mass is 529 g/mol. The second-order valence-electron chi connectivity index (χ2n) is 7.50. The molecule has 1 amide bonds. The van der Waals surface area contributed by atoms with Gasteiger partial charge in [-0.2, -0.15) is 18.3 Å². The van der Waals surface area contributed by atoms with E-state index in [9.17, 15) is 18.0 Å². The van der Waals surface area contributed by atoms with Gasteiger partial charge in [0.2, 0.25) is 0 Å². The molecule has 0 saturated heterocycles. The molecular formula is C25H19BrF3N3O2. The molecule has 0 saturated carbocycles. The third kappa shape index (κ3) is 6.05. The lowest BCUT2D eigenvalue weighted by atomic mass is 10.1. The molecule has 5 nitrogen and oxygen atoms in total. The van der Waals surface area contributed by atoms with Gasteiger partial charge in [0.05, 0.1) is 28.5 Å². The first kappa shape index (κ1) is 23.6. The molecule has 0 fully saturated rings. The van der Waals surface area contributed by atoms with Crippen LogP contribution in [0.15, 0.2) is 89.7 Å². The van der Waals surface area contributed by atoms with Crippen molar-refractivity contribution in [1.82, 2.24) is 9.78 Å². The Kier molecular flexibility index (Phi) is 7.02. The molecule has 34 heavy (non-hydrogen) atoms. The van der Waals surface area contributed by atoms with Crippen LogP contribution in [0, 0.1) is 0 Å². The van der Waals surface area contributed by atoms with Gasteiger partial charge < -0.3 is 10.1 Å². The van der Waals surface area contributed by atoms with Crippen LogP contribution < -0.4 is 10.1 Å². The predicted octanol–water partition coefficient (Wildman–Crippen LogP) is 6.54. The molecule has 4 aromatic rings. The zero-order valence-corrected chi connectivity index (χ0v) is 19.3. The number of hydrogen-bond donors (Lipinski definition) is 1. The number of aromatic nitrogens is 2. The maximum atomic E-state index is 12.9. The summed E-state index contributed by atoms with van der Waals surface area (Å²) in [7, 11) is 0. The second kappa shape index (κ2) is 10.1. The molecule has 0 bridgehead atoms. The molecule has 1 N–H and O–H groups in total. The standard InChI is InChI=1S/C25H19BrF3N3O2/c26-22-9-1-2-10-23(22)34-16-18-6-3-7-19(11-18)24(33)31-21-13-30-32(15-21)14-17-5-4-8-20(12-17)25(27,28)29/h1-13,15H,14,16H2,(H,31,33). The largest absolute Gasteiger partial charge is 0.488 e. The Morgan fingerprint density at radius 2 is 1.76 bits per heavy atom. The van der Waals surface area contributed by atoms with E-state index in [-0.39, 0.29) is 12.5 Å². The van der Waals surface area contributed by atoms with E-state index in [2.05, 4.69) is 26.3 Å². The van der Waals surface area contributed by atoms with E-state index in [0.29, 0.717) is 29.2 Å². The predicted molar refractivity (Wildman–Crippen MR) is 126 cm³/mol. The average molecular weight is 530 g/mol. The summed E-state index contributed by atoms with van der Waals surface area (Å²) >= 11 is 3.43. The van der Waals surface area contributed by atoms with Crippen molar-refractivity contribution in [3.63, 3.8) is 0 Å². The number of ether oxygens (including phenoxy) is 1. The lowest BCUT2D eigenvalue weighted by Crippen LogP contribution is -2.12. The molecule has 1 aromatic heterocycles. The van der Waals surface area contributed by atoms with Crippen molar-refractivity contribution >= 4 is 27.5 Å². The van der Waals surface area contributed by atoms with Crippen LogP contribution in [0.2, 0.25) is 0 Å². The highest BCUT2D eigenvalue weighted by molar-refractivity contribution is 9.10. The first-order chi connectivity index (χ1) is 16.3. The summed E-state index contributed by atoms with van der Waals surface area (Å²) in [5, 5.41) is 6.89. The zero-order valence-electron chi connectivity index (χ0n) is 17.7. The van der Waals surface area contributed by atoms with Gasteiger partial charge in [-0.25, -0.2) is 0 Å². The molecule has 9 heteroatoms. The molecule has 174 valence electrons. The summed E-state index contributed by atoms with van der Waals surface area (Å²) < 4.78 is 46.9. The highest BCUT2D eigenvalue weighted by Crippen LogP contribution is 2.29. The fraction of sp³-hybridized carbons (Fsp3) is 0.120. The Morgan fingerprint density at radius 3 is 2.56 bits per heavy atom. The van der Waals surface area contributed by atoms with Crippen molar-refractivity contribution in [1.29, 1.82) is 0 Å². The smallest absolute Gasteiger partial charge is 0.416 e. The normalized spacial score (nSPS) is 11.3. The van der Waals surface area contributed by atoms with Gasteiger partial charge in [0.25, 0.3) is 5.91 Å². The number of halogens is 4. The van der Waals surface area contributed by atoms with Crippen LogP contribution in [0.4, 0.5) is 18.9 Å². The van der Waals surface area contributed by atoms with Crippen molar-refractivity contribution in [2.75, 3.05) is 5.32 Å². The van der Waals surface area contributed by atoms with Crippen LogP contribution in [0.25, 0.3) is 0 Å². The second-order valence-corrected chi connectivity index (χ2v) is 8.35. The van der Waals surface area contributed by atoms with Crippen molar-refractivity contribution in [2.24, 2.45) is 0 Å². The Balaban J connectivity index is 1.38. The number of rotatable bonds is 7. The summed E-state index contributed by atoms with van der Waals surface area (Å²) in [5.74, 6) is 0.367. The first-order valence-electron chi connectivity index (χ1n) is 10.2. The summed E-state index contributed by atoms with van der Waals surface area (Å²) in [6.07, 6.45) is -1.39. The molecule has 0 radical (unpaired) electrons. The molecule has 0 aliphatic rings. The number of nitrogens with zero attached hydrogens (tertiary/aromatic N) is 2. The highest BCUT2D eigenvalue weighted by Gasteiger charge is 2.30. The molecule has 1 heterocycles. The van der Waals surface area contributed by atoms with Crippen LogP contribution in [-0.2, 0) is 19.3 Å². The lowest BCUT2D eigenvalue weighted by Gasteiger charge is -2.09. The van der Waals surface area contributed by atoms with Crippen LogP contribution in [0.3, 0.4) is 0 Å². The number of carbonyl (C=O) groups is 1. The van der Waals surface area contributed by atoms with E-state index in [1.165, 1.54) is 16.9 Å². The van der Waals surface area contributed by atoms with Crippen LogP contribution in [0.5, 0.6) is 5.75 Å². The lowest BCUT2D eigenvalue weighted by molar-refractivity contribution is -0.137. The van der Waals surface area contributed by atoms with Crippen molar-refractivity contribution < 1.29 is 22.7 Å². The van der Waals surface area contributed by atoms with Gasteiger partial charge in [0.15, 0.2) is 0 Å². The molecule has 0 spiro atoms. The number of carbonyl (C=O) groups excluding carboxylic acids is 1. The van der Waals surface area contributed by atoms with Crippen molar-refractivity contribution in [3.05, 3.63) is 112 Å². The minimum absolute atomic E-state index is 0.141. The van der Waals surface area contributed by atoms with Gasteiger partial charge in [-0.3, -0.25) is 9.48 Å². The first-order valence-corrected chi connectivity index (χ1v) is 11.0. The summed E-state index contributed by atoms with van der Waals surface area (Å²) in [4.78, 5) is 12.7. The Labute approximate surface area is 202 Å². The van der Waals surface area contributed by atoms with Gasteiger partial charge in [-0.15, -0.1) is 0 Å². The Hall–Kier alpha value is -3.59. The quantitative estimate of drug-likeness (QED) is 0.295. The fourth-order valence-electron chi connectivity index (χ4n) is 3.28. The van der Waals surface area contributed by atoms with Crippen LogP contribution in [-0.4, -0.2) is 15.7 Å². The summed E-state index contributed by atoms with van der Waals surface area (Å²) in [6, 6.07) is 19.6. The number of alkyl halides is 3. The van der Waals surface area contributed by atoms with E-state index in [4.69, 9.17) is 4.74 Å². The van der Waals surface area contributed by atoms with Crippen molar-refractivity contribution in [3.8, 4) is 5.75 Å². The van der Waals surface area contributed by atoms with E-state index in [1.807, 2.05) is 30.3 Å². The zero-order chi connectivity index (χ0) is 24.1. The SMILES string of the molecule is O=C(Nc1cnn(Cc2cccc(C(F)(F)F)c2)c1)c1cccc(COc2ccccc2Br)c1. The maximum absolute atomic E-state index is 12.9. The minimum atomic E-state index is -4.41. The fourth-order valence-corrected chi connectivity index (χ4v) is 3.68. The summed E-state index contributed by atoms with van der Waals surface area (Å²) in [6.45, 7) is 0.431. The van der Waals surface area contributed by atoms with E-state index >= 15 is 0 Å². The van der Waals surface area contributed by atoms with E-state index < -0.39 is 11.7 Å². The average Bonchev–Trinajstić information content (AvgIpc) is 3.25. The third-order valence-corrected chi connectivity index (χ3v) is 5.57. The molecular weight excluding hydrogens is 511 g/mol. The minimum Gasteiger partial charge on any atom is -0.488 e. The van der Waals surface area contributed by atoms with Gasteiger partial charge in [0, 0.05) is 11.8 Å². The van der Waals surface area contributed by atoms with Gasteiger partial charge >= 0.3 is 6.18 Å². The topological polar surface area (TPSA) is 56.2 Å². The van der Waals surface area contributed by atoms with Crippen LogP contribution in [0.1, 0.15) is 27.0 Å². The van der Waals surface area contributed by atoms with E-state index in [1.54, 1.807) is 30.5 Å². The number of anilines is 1. The van der Waals surface area contributed by atoms with Gasteiger partial charge in [-0.1, -0.05) is 36.4 Å². The molecule has 0 atom stereocenters.